The normalized spacial score (nSPS) is 30.1. The van der Waals surface area contributed by atoms with E-state index in [1.54, 1.807) is 0 Å². The third-order valence-electron chi connectivity index (χ3n) is 3.48. The topological polar surface area (TPSA) is 142 Å². The zero-order chi connectivity index (χ0) is 19.1. The minimum Gasteiger partial charge on any atom is -0.479 e. The SMILES string of the molecule is Nc1c(Cl)cc(C(F)(F)F)cc1O[C@@H]1O[C@H](C(=O)O)[C@@H](O)[C@H](O)[C@H]1O. The molecule has 1 fully saturated rings. The Morgan fingerprint density at radius 3 is 2.32 bits per heavy atom. The summed E-state index contributed by atoms with van der Waals surface area (Å²) < 4.78 is 48.3. The summed E-state index contributed by atoms with van der Waals surface area (Å²) >= 11 is 5.62. The van der Waals surface area contributed by atoms with Crippen LogP contribution in [0.3, 0.4) is 0 Å². The first-order valence-electron chi connectivity index (χ1n) is 6.68. The van der Waals surface area contributed by atoms with Crippen molar-refractivity contribution in [2.45, 2.75) is 36.9 Å². The number of alkyl halides is 3. The molecule has 1 aliphatic rings. The van der Waals surface area contributed by atoms with E-state index in [9.17, 15) is 33.3 Å². The second-order valence-corrected chi connectivity index (χ2v) is 5.63. The first-order chi connectivity index (χ1) is 11.4. The summed E-state index contributed by atoms with van der Waals surface area (Å²) in [6, 6.07) is 1.03. The molecular formula is C13H13ClF3NO7. The van der Waals surface area contributed by atoms with Gasteiger partial charge in [-0.1, -0.05) is 11.6 Å². The van der Waals surface area contributed by atoms with Crippen molar-refractivity contribution in [2.24, 2.45) is 0 Å². The summed E-state index contributed by atoms with van der Waals surface area (Å²) in [5.41, 5.74) is 3.90. The zero-order valence-corrected chi connectivity index (χ0v) is 12.9. The maximum absolute atomic E-state index is 12.8. The number of benzene rings is 1. The standard InChI is InChI=1S/C13H13ClF3NO7/c14-4-1-3(13(15,16)17)2-5(6(4)18)24-12-9(21)7(19)8(20)10(25-12)11(22)23/h1-2,7-10,12,19-21H,18H2,(H,22,23)/t7-,8-,9+,10-,12+/m0/s1. The van der Waals surface area contributed by atoms with Gasteiger partial charge in [0.2, 0.25) is 6.29 Å². The molecule has 0 unspecified atom stereocenters. The van der Waals surface area contributed by atoms with Gasteiger partial charge >= 0.3 is 12.1 Å². The Hall–Kier alpha value is -1.79. The maximum Gasteiger partial charge on any atom is 0.416 e. The molecule has 0 radical (unpaired) electrons. The second kappa shape index (κ2) is 6.84. The number of halogens is 4. The van der Waals surface area contributed by atoms with Gasteiger partial charge < -0.3 is 35.6 Å². The Bertz CT molecular complexity index is 672. The summed E-state index contributed by atoms with van der Waals surface area (Å²) in [7, 11) is 0. The lowest BCUT2D eigenvalue weighted by atomic mass is 9.99. The highest BCUT2D eigenvalue weighted by Crippen LogP contribution is 2.39. The smallest absolute Gasteiger partial charge is 0.416 e. The van der Waals surface area contributed by atoms with Crippen LogP contribution in [0.1, 0.15) is 5.56 Å². The lowest BCUT2D eigenvalue weighted by Gasteiger charge is -2.38. The number of hydrogen-bond acceptors (Lipinski definition) is 7. The lowest BCUT2D eigenvalue weighted by molar-refractivity contribution is -0.271. The molecule has 1 aromatic rings. The number of carboxylic acids is 1. The number of aliphatic carboxylic acids is 1. The minimum absolute atomic E-state index is 0.419. The van der Waals surface area contributed by atoms with Crippen molar-refractivity contribution >= 4 is 23.3 Å². The van der Waals surface area contributed by atoms with Crippen molar-refractivity contribution in [1.29, 1.82) is 0 Å². The summed E-state index contributed by atoms with van der Waals surface area (Å²) in [5, 5.41) is 37.4. The Kier molecular flexibility index (Phi) is 5.35. The maximum atomic E-state index is 12.8. The van der Waals surface area contributed by atoms with Crippen molar-refractivity contribution in [3.8, 4) is 5.75 Å². The Balaban J connectivity index is 2.34. The molecule has 12 heteroatoms. The highest BCUT2D eigenvalue weighted by Gasteiger charge is 2.48. The van der Waals surface area contributed by atoms with Crippen molar-refractivity contribution in [3.63, 3.8) is 0 Å². The fourth-order valence-corrected chi connectivity index (χ4v) is 2.34. The van der Waals surface area contributed by atoms with Gasteiger partial charge in [0.25, 0.3) is 0 Å². The van der Waals surface area contributed by atoms with Crippen molar-refractivity contribution in [3.05, 3.63) is 22.7 Å². The van der Waals surface area contributed by atoms with E-state index >= 15 is 0 Å². The highest BCUT2D eigenvalue weighted by atomic mass is 35.5. The van der Waals surface area contributed by atoms with E-state index in [-0.39, 0.29) is 0 Å². The zero-order valence-electron chi connectivity index (χ0n) is 12.1. The third-order valence-corrected chi connectivity index (χ3v) is 3.79. The molecule has 0 amide bonds. The van der Waals surface area contributed by atoms with Crippen LogP contribution in [-0.4, -0.2) is 57.1 Å². The van der Waals surface area contributed by atoms with Crippen molar-refractivity contribution in [2.75, 3.05) is 5.73 Å². The van der Waals surface area contributed by atoms with Crippen LogP contribution in [0.2, 0.25) is 5.02 Å². The van der Waals surface area contributed by atoms with E-state index in [2.05, 4.69) is 0 Å². The summed E-state index contributed by atoms with van der Waals surface area (Å²) in [6.45, 7) is 0. The first-order valence-corrected chi connectivity index (χ1v) is 7.06. The molecule has 5 atom stereocenters. The Morgan fingerprint density at radius 2 is 1.80 bits per heavy atom. The number of rotatable bonds is 3. The molecule has 0 spiro atoms. The molecule has 8 nitrogen and oxygen atoms in total. The van der Waals surface area contributed by atoms with Crippen molar-refractivity contribution in [1.82, 2.24) is 0 Å². The van der Waals surface area contributed by atoms with Crippen LogP contribution in [0.4, 0.5) is 18.9 Å². The summed E-state index contributed by atoms with van der Waals surface area (Å²) in [4.78, 5) is 11.0. The molecule has 140 valence electrons. The second-order valence-electron chi connectivity index (χ2n) is 5.22. The van der Waals surface area contributed by atoms with Gasteiger partial charge in [0.15, 0.2) is 6.10 Å². The Labute approximate surface area is 143 Å². The largest absolute Gasteiger partial charge is 0.479 e. The molecule has 0 bridgehead atoms. The molecule has 6 N–H and O–H groups in total. The van der Waals surface area contributed by atoms with E-state index in [1.165, 1.54) is 0 Å². The van der Waals surface area contributed by atoms with Crippen LogP contribution in [0.15, 0.2) is 12.1 Å². The van der Waals surface area contributed by atoms with Crippen LogP contribution in [0.25, 0.3) is 0 Å². The van der Waals surface area contributed by atoms with Gasteiger partial charge in [-0.3, -0.25) is 0 Å². The van der Waals surface area contributed by atoms with E-state index in [0.29, 0.717) is 12.1 Å². The molecule has 25 heavy (non-hydrogen) atoms. The average Bonchev–Trinajstić information content (AvgIpc) is 2.50. The van der Waals surface area contributed by atoms with Crippen LogP contribution in [0, 0.1) is 0 Å². The number of ether oxygens (including phenoxy) is 2. The summed E-state index contributed by atoms with van der Waals surface area (Å²) in [6.07, 6.45) is -14.6. The molecule has 0 aromatic heterocycles. The van der Waals surface area contributed by atoms with Gasteiger partial charge in [-0.25, -0.2) is 4.79 Å². The summed E-state index contributed by atoms with van der Waals surface area (Å²) in [5.74, 6) is -2.32. The van der Waals surface area contributed by atoms with Gasteiger partial charge in [-0.2, -0.15) is 13.2 Å². The number of nitrogens with two attached hydrogens (primary N) is 1. The minimum atomic E-state index is -4.78. The molecule has 1 saturated heterocycles. The van der Waals surface area contributed by atoms with Crippen LogP contribution in [-0.2, 0) is 15.7 Å². The Morgan fingerprint density at radius 1 is 1.20 bits per heavy atom. The number of aliphatic hydroxyl groups is 3. The number of aliphatic hydroxyl groups excluding tert-OH is 3. The van der Waals surface area contributed by atoms with Gasteiger partial charge in [0.1, 0.15) is 24.1 Å². The number of carboxylic acid groups (broad SMARTS) is 1. The average molecular weight is 388 g/mol. The quantitative estimate of drug-likeness (QED) is 0.463. The molecule has 0 saturated carbocycles. The van der Waals surface area contributed by atoms with Crippen LogP contribution in [0.5, 0.6) is 5.75 Å². The lowest BCUT2D eigenvalue weighted by Crippen LogP contribution is -2.61. The number of anilines is 1. The van der Waals surface area contributed by atoms with E-state index < -0.39 is 64.9 Å². The van der Waals surface area contributed by atoms with E-state index in [0.717, 1.165) is 0 Å². The molecule has 1 heterocycles. The number of carbonyl (C=O) groups is 1. The van der Waals surface area contributed by atoms with Gasteiger partial charge in [0, 0.05) is 0 Å². The third kappa shape index (κ3) is 3.90. The molecule has 2 rings (SSSR count). The van der Waals surface area contributed by atoms with Crippen LogP contribution >= 0.6 is 11.6 Å². The predicted octanol–water partition coefficient (Wildman–Crippen LogP) is 0.212. The van der Waals surface area contributed by atoms with Crippen molar-refractivity contribution < 1.29 is 47.9 Å². The fourth-order valence-electron chi connectivity index (χ4n) is 2.13. The molecule has 0 aliphatic carbocycles. The molecule has 1 aromatic carbocycles. The first kappa shape index (κ1) is 19.5. The fraction of sp³-hybridized carbons (Fsp3) is 0.462. The predicted molar refractivity (Wildman–Crippen MR) is 75.8 cm³/mol. The van der Waals surface area contributed by atoms with Crippen LogP contribution < -0.4 is 10.5 Å². The molecular weight excluding hydrogens is 375 g/mol. The van der Waals surface area contributed by atoms with Gasteiger partial charge in [-0.15, -0.1) is 0 Å². The molecule has 1 aliphatic heterocycles. The number of nitrogen functional groups attached to an aromatic ring is 1. The van der Waals surface area contributed by atoms with Gasteiger partial charge in [0.05, 0.1) is 16.3 Å². The van der Waals surface area contributed by atoms with E-state index in [1.807, 2.05) is 0 Å². The van der Waals surface area contributed by atoms with Gasteiger partial charge in [-0.05, 0) is 12.1 Å². The van der Waals surface area contributed by atoms with E-state index in [4.69, 9.17) is 31.9 Å². The monoisotopic (exact) mass is 387 g/mol. The number of hydrogen-bond donors (Lipinski definition) is 5. The highest BCUT2D eigenvalue weighted by molar-refractivity contribution is 6.33.